The van der Waals surface area contributed by atoms with Gasteiger partial charge in [-0.15, -0.1) is 0 Å². The van der Waals surface area contributed by atoms with E-state index in [1.807, 2.05) is 0 Å². The third-order valence-electron chi connectivity index (χ3n) is 4.27. The van der Waals surface area contributed by atoms with Crippen LogP contribution in [0.25, 0.3) is 0 Å². The molecule has 2 atom stereocenters. The number of fused-ring (bicyclic) bond motifs is 3. The highest BCUT2D eigenvalue weighted by Crippen LogP contribution is 2.07. The molecule has 2 aliphatic heterocycles. The first-order chi connectivity index (χ1) is 8.29. The van der Waals surface area contributed by atoms with Crippen LogP contribution in [-0.4, -0.2) is 81.9 Å². The summed E-state index contributed by atoms with van der Waals surface area (Å²) in [6.07, 6.45) is 2.61. The van der Waals surface area contributed by atoms with Gasteiger partial charge in [0.2, 0.25) is 0 Å². The summed E-state index contributed by atoms with van der Waals surface area (Å²) in [5.41, 5.74) is 0. The number of nitrogens with zero attached hydrogens (tertiary/aromatic N) is 2. The van der Waals surface area contributed by atoms with Crippen molar-refractivity contribution in [3.8, 4) is 0 Å². The zero-order valence-electron chi connectivity index (χ0n) is 11.4. The summed E-state index contributed by atoms with van der Waals surface area (Å²) >= 11 is 0. The SMILES string of the molecule is C[N+]12CCCNCCN(CCCNCC1)CC2. The van der Waals surface area contributed by atoms with Gasteiger partial charge in [-0.25, -0.2) is 0 Å². The fraction of sp³-hybridized carbons (Fsp3) is 1.00. The van der Waals surface area contributed by atoms with E-state index >= 15 is 0 Å². The van der Waals surface area contributed by atoms with Gasteiger partial charge in [-0.1, -0.05) is 0 Å². The monoisotopic (exact) mass is 241 g/mol. The molecule has 0 saturated carbocycles. The van der Waals surface area contributed by atoms with Crippen LogP contribution < -0.4 is 10.6 Å². The van der Waals surface area contributed by atoms with Crippen LogP contribution >= 0.6 is 0 Å². The number of likely N-dealkylation sites (N-methyl/N-ethyl adjacent to an activating group) is 1. The van der Waals surface area contributed by atoms with E-state index in [0.29, 0.717) is 0 Å². The second-order valence-electron chi connectivity index (χ2n) is 5.84. The molecule has 0 aromatic carbocycles. The number of rotatable bonds is 0. The molecule has 0 aliphatic carbocycles. The van der Waals surface area contributed by atoms with E-state index in [0.717, 1.165) is 6.54 Å². The average molecular weight is 241 g/mol. The molecule has 2 unspecified atom stereocenters. The summed E-state index contributed by atoms with van der Waals surface area (Å²) in [4.78, 5) is 2.64. The second-order valence-corrected chi connectivity index (χ2v) is 5.84. The van der Waals surface area contributed by atoms with E-state index in [1.165, 1.54) is 76.2 Å². The summed E-state index contributed by atoms with van der Waals surface area (Å²) in [5, 5.41) is 7.17. The van der Waals surface area contributed by atoms with Gasteiger partial charge in [-0.2, -0.15) is 0 Å². The first-order valence-corrected chi connectivity index (χ1v) is 7.26. The normalized spacial score (nSPS) is 37.6. The highest BCUT2D eigenvalue weighted by Gasteiger charge is 2.23. The number of nitrogens with one attached hydrogen (secondary N) is 2. The molecule has 0 aromatic heterocycles. The molecular formula is C13H29N4+. The van der Waals surface area contributed by atoms with Crippen LogP contribution in [0, 0.1) is 0 Å². The molecule has 0 aromatic rings. The maximum absolute atomic E-state index is 3.59. The number of hydrogen-bond acceptors (Lipinski definition) is 3. The molecule has 100 valence electrons. The van der Waals surface area contributed by atoms with Crippen LogP contribution in [0.15, 0.2) is 0 Å². The fourth-order valence-electron chi connectivity index (χ4n) is 2.90. The topological polar surface area (TPSA) is 27.3 Å². The molecule has 17 heavy (non-hydrogen) atoms. The minimum absolute atomic E-state index is 1.16. The summed E-state index contributed by atoms with van der Waals surface area (Å²) < 4.78 is 1.24. The van der Waals surface area contributed by atoms with Crippen LogP contribution in [0.1, 0.15) is 12.8 Å². The molecule has 0 radical (unpaired) electrons. The Bertz CT molecular complexity index is 203. The average Bonchev–Trinajstić information content (AvgIpc) is 2.34. The van der Waals surface area contributed by atoms with Gasteiger partial charge in [0.05, 0.1) is 26.7 Å². The van der Waals surface area contributed by atoms with Crippen LogP contribution in [0.2, 0.25) is 0 Å². The Morgan fingerprint density at radius 3 is 2.53 bits per heavy atom. The molecule has 4 nitrogen and oxygen atoms in total. The first-order valence-electron chi connectivity index (χ1n) is 7.26. The zero-order chi connectivity index (χ0) is 12.0. The lowest BCUT2D eigenvalue weighted by molar-refractivity contribution is -0.908. The zero-order valence-corrected chi connectivity index (χ0v) is 11.4. The maximum atomic E-state index is 3.59. The van der Waals surface area contributed by atoms with Gasteiger partial charge in [0.25, 0.3) is 0 Å². The van der Waals surface area contributed by atoms with Crippen LogP contribution in [0.4, 0.5) is 0 Å². The summed E-state index contributed by atoms with van der Waals surface area (Å²) in [6.45, 7) is 12.4. The predicted molar refractivity (Wildman–Crippen MR) is 72.2 cm³/mol. The predicted octanol–water partition coefficient (Wildman–Crippen LogP) is -0.278. The molecule has 2 fully saturated rings. The largest absolute Gasteiger partial charge is 0.324 e. The van der Waals surface area contributed by atoms with E-state index in [9.17, 15) is 0 Å². The molecule has 2 heterocycles. The molecule has 2 N–H and O–H groups in total. The Morgan fingerprint density at radius 1 is 0.765 bits per heavy atom. The smallest absolute Gasteiger partial charge is 0.0914 e. The quantitative estimate of drug-likeness (QED) is 0.571. The minimum atomic E-state index is 1.16. The summed E-state index contributed by atoms with van der Waals surface area (Å²) in [5.74, 6) is 0. The van der Waals surface area contributed by atoms with E-state index in [2.05, 4.69) is 22.6 Å². The number of hydrogen-bond donors (Lipinski definition) is 2. The minimum Gasteiger partial charge on any atom is -0.324 e. The lowest BCUT2D eigenvalue weighted by atomic mass is 10.2. The Kier molecular flexibility index (Phi) is 5.22. The Labute approximate surface area is 106 Å². The Hall–Kier alpha value is -0.160. The molecular weight excluding hydrogens is 212 g/mol. The van der Waals surface area contributed by atoms with Crippen molar-refractivity contribution >= 4 is 0 Å². The van der Waals surface area contributed by atoms with E-state index in [4.69, 9.17) is 0 Å². The lowest BCUT2D eigenvalue weighted by Gasteiger charge is -2.38. The van der Waals surface area contributed by atoms with Crippen LogP contribution in [0.3, 0.4) is 0 Å². The van der Waals surface area contributed by atoms with E-state index in [-0.39, 0.29) is 0 Å². The summed E-state index contributed by atoms with van der Waals surface area (Å²) in [6, 6.07) is 0. The van der Waals surface area contributed by atoms with Gasteiger partial charge in [-0.3, -0.25) is 4.90 Å². The third kappa shape index (κ3) is 4.54. The first kappa shape index (κ1) is 13.3. The lowest BCUT2D eigenvalue weighted by Crippen LogP contribution is -2.54. The van der Waals surface area contributed by atoms with E-state index in [1.54, 1.807) is 0 Å². The van der Waals surface area contributed by atoms with Gasteiger partial charge >= 0.3 is 0 Å². The van der Waals surface area contributed by atoms with Crippen molar-refractivity contribution in [2.75, 3.05) is 72.5 Å². The molecule has 0 spiro atoms. The Morgan fingerprint density at radius 2 is 1.59 bits per heavy atom. The van der Waals surface area contributed by atoms with Crippen molar-refractivity contribution in [3.63, 3.8) is 0 Å². The molecule has 2 bridgehead atoms. The van der Waals surface area contributed by atoms with Crippen LogP contribution in [0.5, 0.6) is 0 Å². The number of quaternary nitrogens is 1. The van der Waals surface area contributed by atoms with Crippen molar-refractivity contribution < 1.29 is 4.48 Å². The van der Waals surface area contributed by atoms with E-state index < -0.39 is 0 Å². The molecule has 4 heteroatoms. The maximum Gasteiger partial charge on any atom is 0.0914 e. The van der Waals surface area contributed by atoms with Crippen molar-refractivity contribution in [2.24, 2.45) is 0 Å². The van der Waals surface area contributed by atoms with Gasteiger partial charge in [0.1, 0.15) is 0 Å². The highest BCUT2D eigenvalue weighted by molar-refractivity contribution is 4.65. The van der Waals surface area contributed by atoms with Crippen molar-refractivity contribution in [3.05, 3.63) is 0 Å². The standard InChI is InChI=1S/C13H29N4/c1-17-11-3-5-14-6-9-16(10-13-17)8-2-4-15-7-12-17/h14-15H,2-13H2,1H3/q+1. The van der Waals surface area contributed by atoms with Gasteiger partial charge in [-0.05, 0) is 19.5 Å². The molecule has 2 aliphatic rings. The fourth-order valence-corrected chi connectivity index (χ4v) is 2.90. The summed E-state index contributed by atoms with van der Waals surface area (Å²) in [7, 11) is 2.43. The highest BCUT2D eigenvalue weighted by atomic mass is 15.4. The van der Waals surface area contributed by atoms with Crippen molar-refractivity contribution in [1.29, 1.82) is 0 Å². The van der Waals surface area contributed by atoms with Crippen molar-refractivity contribution in [2.45, 2.75) is 12.8 Å². The van der Waals surface area contributed by atoms with Gasteiger partial charge in [0, 0.05) is 39.1 Å². The van der Waals surface area contributed by atoms with Crippen LogP contribution in [-0.2, 0) is 0 Å². The third-order valence-corrected chi connectivity index (χ3v) is 4.27. The van der Waals surface area contributed by atoms with Crippen molar-refractivity contribution in [1.82, 2.24) is 15.5 Å². The molecule has 2 rings (SSSR count). The molecule has 2 saturated heterocycles. The second kappa shape index (κ2) is 6.69. The Balaban J connectivity index is 1.98. The van der Waals surface area contributed by atoms with Gasteiger partial charge in [0.15, 0.2) is 0 Å². The van der Waals surface area contributed by atoms with Gasteiger partial charge < -0.3 is 15.1 Å². The molecule has 0 amide bonds.